The van der Waals surface area contributed by atoms with Gasteiger partial charge in [0.25, 0.3) is 0 Å². The van der Waals surface area contributed by atoms with Crippen LogP contribution in [0.3, 0.4) is 0 Å². The molecule has 0 aromatic heterocycles. The van der Waals surface area contributed by atoms with Crippen molar-refractivity contribution in [1.82, 2.24) is 0 Å². The monoisotopic (exact) mass is 311 g/mol. The second kappa shape index (κ2) is 6.45. The number of rotatable bonds is 6. The highest BCUT2D eigenvalue weighted by molar-refractivity contribution is 7.81. The molecule has 21 heavy (non-hydrogen) atoms. The molecule has 2 rings (SSSR count). The van der Waals surface area contributed by atoms with E-state index in [4.69, 9.17) is 4.74 Å². The summed E-state index contributed by atoms with van der Waals surface area (Å²) < 4.78 is 42.4. The lowest BCUT2D eigenvalue weighted by Gasteiger charge is -2.11. The van der Waals surface area contributed by atoms with Crippen LogP contribution in [-0.4, -0.2) is 15.5 Å². The summed E-state index contributed by atoms with van der Waals surface area (Å²) in [7, 11) is -3.40. The quantitative estimate of drug-likeness (QED) is 0.831. The summed E-state index contributed by atoms with van der Waals surface area (Å²) in [5, 5.41) is 3.19. The SMILES string of the molecule is COc1ccccc1NCc1ccc(OS(=O)(=O)F)cc1. The van der Waals surface area contributed by atoms with Crippen molar-refractivity contribution in [3.05, 3.63) is 54.1 Å². The Labute approximate surface area is 122 Å². The first-order valence-electron chi connectivity index (χ1n) is 6.08. The number of nitrogens with one attached hydrogen (secondary N) is 1. The third kappa shape index (κ3) is 4.64. The van der Waals surface area contributed by atoms with Gasteiger partial charge < -0.3 is 14.2 Å². The minimum Gasteiger partial charge on any atom is -0.495 e. The number of methoxy groups -OCH3 is 1. The van der Waals surface area contributed by atoms with Crippen molar-refractivity contribution < 1.29 is 21.2 Å². The van der Waals surface area contributed by atoms with E-state index < -0.39 is 10.5 Å². The van der Waals surface area contributed by atoms with Gasteiger partial charge in [-0.15, -0.1) is 0 Å². The summed E-state index contributed by atoms with van der Waals surface area (Å²) in [4.78, 5) is 0. The van der Waals surface area contributed by atoms with Crippen molar-refractivity contribution >= 4 is 16.2 Å². The smallest absolute Gasteiger partial charge is 0.488 e. The molecule has 0 radical (unpaired) electrons. The number of benzene rings is 2. The van der Waals surface area contributed by atoms with Crippen LogP contribution in [0.15, 0.2) is 48.5 Å². The van der Waals surface area contributed by atoms with Crippen LogP contribution in [0.5, 0.6) is 11.5 Å². The summed E-state index contributed by atoms with van der Waals surface area (Å²) in [5.74, 6) is 0.652. The molecule has 0 saturated carbocycles. The highest BCUT2D eigenvalue weighted by atomic mass is 32.3. The van der Waals surface area contributed by atoms with Gasteiger partial charge in [0.15, 0.2) is 0 Å². The summed E-state index contributed by atoms with van der Waals surface area (Å²) in [6, 6.07) is 13.5. The zero-order chi connectivity index (χ0) is 15.3. The van der Waals surface area contributed by atoms with Gasteiger partial charge >= 0.3 is 10.5 Å². The molecule has 7 heteroatoms. The van der Waals surface area contributed by atoms with Gasteiger partial charge in [-0.05, 0) is 29.8 Å². The maximum absolute atomic E-state index is 12.4. The minimum absolute atomic E-state index is 0.0708. The van der Waals surface area contributed by atoms with E-state index in [0.717, 1.165) is 17.0 Å². The molecule has 0 bridgehead atoms. The number of hydrogen-bond donors (Lipinski definition) is 1. The van der Waals surface area contributed by atoms with E-state index in [2.05, 4.69) is 9.50 Å². The summed E-state index contributed by atoms with van der Waals surface area (Å²) >= 11 is 0. The fraction of sp³-hybridized carbons (Fsp3) is 0.143. The minimum atomic E-state index is -4.99. The molecular weight excluding hydrogens is 297 g/mol. The molecule has 0 unspecified atom stereocenters. The van der Waals surface area contributed by atoms with Gasteiger partial charge in [-0.3, -0.25) is 0 Å². The van der Waals surface area contributed by atoms with Crippen molar-refractivity contribution in [2.24, 2.45) is 0 Å². The van der Waals surface area contributed by atoms with E-state index in [1.807, 2.05) is 24.3 Å². The van der Waals surface area contributed by atoms with Crippen LogP contribution in [0.4, 0.5) is 9.57 Å². The average Bonchev–Trinajstić information content (AvgIpc) is 2.45. The summed E-state index contributed by atoms with van der Waals surface area (Å²) in [6.45, 7) is 0.503. The molecule has 0 atom stereocenters. The van der Waals surface area contributed by atoms with E-state index in [0.29, 0.717) is 6.54 Å². The van der Waals surface area contributed by atoms with Crippen LogP contribution in [0.1, 0.15) is 5.56 Å². The van der Waals surface area contributed by atoms with E-state index in [1.165, 1.54) is 12.1 Å². The molecule has 0 aliphatic heterocycles. The Morgan fingerprint density at radius 3 is 2.38 bits per heavy atom. The Morgan fingerprint density at radius 1 is 1.10 bits per heavy atom. The lowest BCUT2D eigenvalue weighted by atomic mass is 10.2. The first-order chi connectivity index (χ1) is 9.98. The van der Waals surface area contributed by atoms with Crippen LogP contribution >= 0.6 is 0 Å². The highest BCUT2D eigenvalue weighted by Gasteiger charge is 2.09. The van der Waals surface area contributed by atoms with Gasteiger partial charge in [0.1, 0.15) is 11.5 Å². The largest absolute Gasteiger partial charge is 0.495 e. The molecule has 2 aromatic carbocycles. The van der Waals surface area contributed by atoms with Crippen molar-refractivity contribution in [3.8, 4) is 11.5 Å². The Bertz CT molecular complexity index is 701. The topological polar surface area (TPSA) is 64.6 Å². The molecule has 0 heterocycles. The predicted octanol–water partition coefficient (Wildman–Crippen LogP) is 2.90. The number of ether oxygens (including phenoxy) is 1. The molecule has 0 aliphatic rings. The zero-order valence-electron chi connectivity index (χ0n) is 11.2. The summed E-state index contributed by atoms with van der Waals surface area (Å²) in [6.07, 6.45) is 0. The molecule has 112 valence electrons. The maximum Gasteiger partial charge on any atom is 0.488 e. The van der Waals surface area contributed by atoms with E-state index in [1.54, 1.807) is 19.2 Å². The molecule has 0 saturated heterocycles. The van der Waals surface area contributed by atoms with Gasteiger partial charge in [0, 0.05) is 6.54 Å². The van der Waals surface area contributed by atoms with E-state index in [9.17, 15) is 12.3 Å². The second-order valence-corrected chi connectivity index (χ2v) is 5.13. The third-order valence-corrected chi connectivity index (χ3v) is 3.10. The molecule has 1 N–H and O–H groups in total. The fourth-order valence-electron chi connectivity index (χ4n) is 1.77. The average molecular weight is 311 g/mol. The van der Waals surface area contributed by atoms with E-state index >= 15 is 0 Å². The molecule has 0 aliphatic carbocycles. The lowest BCUT2D eigenvalue weighted by molar-refractivity contribution is 0.416. The molecule has 0 fully saturated rings. The van der Waals surface area contributed by atoms with Gasteiger partial charge in [0.2, 0.25) is 0 Å². The van der Waals surface area contributed by atoms with Crippen LogP contribution in [0.25, 0.3) is 0 Å². The standard InChI is InChI=1S/C14H14FNO4S/c1-19-14-5-3-2-4-13(14)16-10-11-6-8-12(9-7-11)20-21(15,17)18/h2-9,16H,10H2,1H3. The number of halogens is 1. The molecule has 5 nitrogen and oxygen atoms in total. The third-order valence-electron chi connectivity index (χ3n) is 2.71. The van der Waals surface area contributed by atoms with Crippen molar-refractivity contribution in [2.45, 2.75) is 6.54 Å². The van der Waals surface area contributed by atoms with Gasteiger partial charge in [-0.25, -0.2) is 0 Å². The Kier molecular flexibility index (Phi) is 4.64. The van der Waals surface area contributed by atoms with E-state index in [-0.39, 0.29) is 5.75 Å². The zero-order valence-corrected chi connectivity index (χ0v) is 12.1. The van der Waals surface area contributed by atoms with Gasteiger partial charge in [-0.2, -0.15) is 8.42 Å². The van der Waals surface area contributed by atoms with Crippen molar-refractivity contribution in [2.75, 3.05) is 12.4 Å². The summed E-state index contributed by atoms with van der Waals surface area (Å²) in [5.41, 5.74) is 1.72. The van der Waals surface area contributed by atoms with Crippen LogP contribution < -0.4 is 14.2 Å². The normalized spacial score (nSPS) is 11.0. The molecule has 0 amide bonds. The lowest BCUT2D eigenvalue weighted by Crippen LogP contribution is -2.03. The Balaban J connectivity index is 2.01. The number of para-hydroxylation sites is 2. The second-order valence-electron chi connectivity index (χ2n) is 4.17. The van der Waals surface area contributed by atoms with Crippen LogP contribution in [0, 0.1) is 0 Å². The Hall–Kier alpha value is -2.28. The van der Waals surface area contributed by atoms with Crippen molar-refractivity contribution in [1.29, 1.82) is 0 Å². The molecule has 0 spiro atoms. The first-order valence-corrected chi connectivity index (χ1v) is 7.39. The van der Waals surface area contributed by atoms with Crippen LogP contribution in [-0.2, 0) is 17.0 Å². The van der Waals surface area contributed by atoms with Gasteiger partial charge in [-0.1, -0.05) is 28.2 Å². The predicted molar refractivity (Wildman–Crippen MR) is 77.4 cm³/mol. The number of anilines is 1. The highest BCUT2D eigenvalue weighted by Crippen LogP contribution is 2.24. The Morgan fingerprint density at radius 2 is 1.76 bits per heavy atom. The maximum atomic E-state index is 12.4. The fourth-order valence-corrected chi connectivity index (χ4v) is 2.11. The first kappa shape index (κ1) is 15.1. The van der Waals surface area contributed by atoms with Crippen LogP contribution in [0.2, 0.25) is 0 Å². The number of hydrogen-bond acceptors (Lipinski definition) is 5. The molecular formula is C14H14FNO4S. The van der Waals surface area contributed by atoms with Gasteiger partial charge in [0.05, 0.1) is 12.8 Å². The van der Waals surface area contributed by atoms with Crippen molar-refractivity contribution in [3.63, 3.8) is 0 Å². The molecule has 2 aromatic rings.